The van der Waals surface area contributed by atoms with Crippen LogP contribution in [0, 0.1) is 5.82 Å². The van der Waals surface area contributed by atoms with E-state index in [2.05, 4.69) is 0 Å². The summed E-state index contributed by atoms with van der Waals surface area (Å²) in [7, 11) is -2.04. The van der Waals surface area contributed by atoms with Gasteiger partial charge in [-0.1, -0.05) is 18.2 Å². The van der Waals surface area contributed by atoms with Gasteiger partial charge in [0.1, 0.15) is 5.82 Å². The van der Waals surface area contributed by atoms with Crippen molar-refractivity contribution in [2.75, 3.05) is 7.05 Å². The number of benzene rings is 2. The van der Waals surface area contributed by atoms with Crippen LogP contribution in [0.2, 0.25) is 0 Å². The van der Waals surface area contributed by atoms with Gasteiger partial charge in [0.15, 0.2) is 0 Å². The van der Waals surface area contributed by atoms with Crippen LogP contribution in [0.15, 0.2) is 47.4 Å². The monoisotopic (exact) mass is 319 g/mol. The fourth-order valence-electron chi connectivity index (χ4n) is 2.87. The Hall–Kier alpha value is -1.72. The van der Waals surface area contributed by atoms with E-state index in [9.17, 15) is 12.8 Å². The largest absolute Gasteiger partial charge is 0.243 e. The molecule has 3 rings (SSSR count). The van der Waals surface area contributed by atoms with Crippen molar-refractivity contribution in [3.63, 3.8) is 0 Å². The molecule has 0 bridgehead atoms. The van der Waals surface area contributed by atoms with Crippen molar-refractivity contribution < 1.29 is 12.8 Å². The third kappa shape index (κ3) is 2.91. The Balaban J connectivity index is 1.86. The van der Waals surface area contributed by atoms with Crippen LogP contribution in [0.25, 0.3) is 0 Å². The summed E-state index contributed by atoms with van der Waals surface area (Å²) in [5, 5.41) is 0. The normalized spacial score (nSPS) is 14.3. The zero-order valence-corrected chi connectivity index (χ0v) is 13.2. The van der Waals surface area contributed by atoms with Gasteiger partial charge in [-0.25, -0.2) is 12.8 Å². The molecule has 0 atom stereocenters. The fourth-order valence-corrected chi connectivity index (χ4v) is 4.08. The van der Waals surface area contributed by atoms with Crippen molar-refractivity contribution in [2.45, 2.75) is 30.7 Å². The summed E-state index contributed by atoms with van der Waals surface area (Å²) in [4.78, 5) is 0.312. The van der Waals surface area contributed by atoms with Crippen LogP contribution < -0.4 is 0 Å². The van der Waals surface area contributed by atoms with Gasteiger partial charge in [-0.3, -0.25) is 0 Å². The Bertz CT molecular complexity index is 802. The van der Waals surface area contributed by atoms with Crippen LogP contribution in [0.1, 0.15) is 23.1 Å². The van der Waals surface area contributed by atoms with Crippen molar-refractivity contribution >= 4 is 10.0 Å². The highest BCUT2D eigenvalue weighted by molar-refractivity contribution is 7.89. The summed E-state index contributed by atoms with van der Waals surface area (Å²) in [5.74, 6) is -0.360. The second-order valence-corrected chi connectivity index (χ2v) is 7.72. The molecule has 0 amide bonds. The molecule has 22 heavy (non-hydrogen) atoms. The molecule has 5 heteroatoms. The van der Waals surface area contributed by atoms with Crippen molar-refractivity contribution in [2.24, 2.45) is 0 Å². The topological polar surface area (TPSA) is 37.4 Å². The van der Waals surface area contributed by atoms with Gasteiger partial charge in [-0.15, -0.1) is 0 Å². The third-order valence-electron chi connectivity index (χ3n) is 4.07. The molecule has 0 aliphatic heterocycles. The second-order valence-electron chi connectivity index (χ2n) is 5.68. The van der Waals surface area contributed by atoms with Crippen LogP contribution in [-0.2, 0) is 29.4 Å². The Labute approximate surface area is 130 Å². The molecule has 0 saturated heterocycles. The molecule has 0 aromatic heterocycles. The van der Waals surface area contributed by atoms with E-state index in [0.29, 0.717) is 10.5 Å². The number of hydrogen-bond acceptors (Lipinski definition) is 2. The van der Waals surface area contributed by atoms with E-state index in [1.165, 1.54) is 29.0 Å². The molecule has 0 saturated carbocycles. The fraction of sp³-hybridized carbons (Fsp3) is 0.294. The molecule has 0 heterocycles. The van der Waals surface area contributed by atoms with Crippen molar-refractivity contribution in [3.05, 3.63) is 65.0 Å². The summed E-state index contributed by atoms with van der Waals surface area (Å²) < 4.78 is 39.8. The minimum Gasteiger partial charge on any atom is -0.207 e. The highest BCUT2D eigenvalue weighted by atomic mass is 32.2. The molecule has 116 valence electrons. The Morgan fingerprint density at radius 3 is 2.64 bits per heavy atom. The Morgan fingerprint density at radius 1 is 1.09 bits per heavy atom. The molecular weight excluding hydrogens is 301 g/mol. The molecule has 0 fully saturated rings. The SMILES string of the molecule is CN(Cc1cccc(F)c1)S(=O)(=O)c1ccc2c(c1)CCC2. The lowest BCUT2D eigenvalue weighted by molar-refractivity contribution is 0.465. The van der Waals surface area contributed by atoms with Gasteiger partial charge in [-0.2, -0.15) is 4.31 Å². The van der Waals surface area contributed by atoms with Gasteiger partial charge in [0.2, 0.25) is 10.0 Å². The molecule has 1 aliphatic carbocycles. The average molecular weight is 319 g/mol. The second kappa shape index (κ2) is 5.82. The van der Waals surface area contributed by atoms with Crippen LogP contribution in [-0.4, -0.2) is 19.8 Å². The summed E-state index contributed by atoms with van der Waals surface area (Å²) in [6.45, 7) is 0.150. The quantitative estimate of drug-likeness (QED) is 0.868. The maximum atomic E-state index is 13.2. The number of halogens is 1. The first-order chi connectivity index (χ1) is 10.5. The molecule has 0 N–H and O–H groups in total. The van der Waals surface area contributed by atoms with E-state index < -0.39 is 10.0 Å². The highest BCUT2D eigenvalue weighted by Gasteiger charge is 2.23. The maximum Gasteiger partial charge on any atom is 0.243 e. The van der Waals surface area contributed by atoms with Crippen LogP contribution >= 0.6 is 0 Å². The summed E-state index contributed by atoms with van der Waals surface area (Å²) in [6, 6.07) is 11.4. The number of hydrogen-bond donors (Lipinski definition) is 0. The number of nitrogens with zero attached hydrogens (tertiary/aromatic N) is 1. The summed E-state index contributed by atoms with van der Waals surface area (Å²) >= 11 is 0. The van der Waals surface area contributed by atoms with Crippen LogP contribution in [0.5, 0.6) is 0 Å². The van der Waals surface area contributed by atoms with E-state index in [1.807, 2.05) is 6.07 Å². The predicted molar refractivity (Wildman–Crippen MR) is 83.5 cm³/mol. The smallest absolute Gasteiger partial charge is 0.207 e. The van der Waals surface area contributed by atoms with E-state index >= 15 is 0 Å². The average Bonchev–Trinajstić information content (AvgIpc) is 2.94. The molecule has 0 radical (unpaired) electrons. The molecule has 1 aliphatic rings. The molecular formula is C17H18FNO2S. The Kier molecular flexibility index (Phi) is 4.02. The maximum absolute atomic E-state index is 13.2. The van der Waals surface area contributed by atoms with E-state index in [4.69, 9.17) is 0 Å². The van der Waals surface area contributed by atoms with Gasteiger partial charge in [0.25, 0.3) is 0 Å². The molecule has 0 spiro atoms. The minimum atomic E-state index is -3.56. The van der Waals surface area contributed by atoms with Gasteiger partial charge in [0, 0.05) is 13.6 Å². The van der Waals surface area contributed by atoms with Crippen molar-refractivity contribution in [1.82, 2.24) is 4.31 Å². The number of fused-ring (bicyclic) bond motifs is 1. The standard InChI is InChI=1S/C17H18FNO2S/c1-19(12-13-4-2-7-16(18)10-13)22(20,21)17-9-8-14-5-3-6-15(14)11-17/h2,4,7-11H,3,5-6,12H2,1H3. The lowest BCUT2D eigenvalue weighted by atomic mass is 10.1. The summed E-state index contributed by atoms with van der Waals surface area (Å²) in [6.07, 6.45) is 3.04. The lowest BCUT2D eigenvalue weighted by Crippen LogP contribution is -2.26. The van der Waals surface area contributed by atoms with Gasteiger partial charge < -0.3 is 0 Å². The number of sulfonamides is 1. The highest BCUT2D eigenvalue weighted by Crippen LogP contribution is 2.26. The molecule has 2 aromatic carbocycles. The number of aryl methyl sites for hydroxylation is 2. The first-order valence-corrected chi connectivity index (χ1v) is 8.73. The zero-order valence-electron chi connectivity index (χ0n) is 12.4. The van der Waals surface area contributed by atoms with Crippen molar-refractivity contribution in [1.29, 1.82) is 0 Å². The minimum absolute atomic E-state index is 0.150. The van der Waals surface area contributed by atoms with Gasteiger partial charge >= 0.3 is 0 Å². The first kappa shape index (κ1) is 15.2. The van der Waals surface area contributed by atoms with Gasteiger partial charge in [0.05, 0.1) is 4.90 Å². The van der Waals surface area contributed by atoms with Crippen LogP contribution in [0.4, 0.5) is 4.39 Å². The molecule has 0 unspecified atom stereocenters. The molecule has 2 aromatic rings. The van der Waals surface area contributed by atoms with Gasteiger partial charge in [-0.05, 0) is 60.2 Å². The van der Waals surface area contributed by atoms with Crippen molar-refractivity contribution in [3.8, 4) is 0 Å². The van der Waals surface area contributed by atoms with Crippen LogP contribution in [0.3, 0.4) is 0 Å². The zero-order chi connectivity index (χ0) is 15.7. The van der Waals surface area contributed by atoms with E-state index in [-0.39, 0.29) is 12.4 Å². The van der Waals surface area contributed by atoms with E-state index in [0.717, 1.165) is 24.8 Å². The lowest BCUT2D eigenvalue weighted by Gasteiger charge is -2.18. The third-order valence-corrected chi connectivity index (χ3v) is 5.87. The predicted octanol–water partition coefficient (Wildman–Crippen LogP) is 3.14. The summed E-state index contributed by atoms with van der Waals surface area (Å²) in [5.41, 5.74) is 3.00. The molecule has 3 nitrogen and oxygen atoms in total. The Morgan fingerprint density at radius 2 is 1.86 bits per heavy atom. The van der Waals surface area contributed by atoms with E-state index in [1.54, 1.807) is 24.3 Å². The first-order valence-electron chi connectivity index (χ1n) is 7.29. The number of rotatable bonds is 4.